The highest BCUT2D eigenvalue weighted by Crippen LogP contribution is 2.60. The molecule has 0 bridgehead atoms. The Morgan fingerprint density at radius 2 is 2.44 bits per heavy atom. The lowest BCUT2D eigenvalue weighted by molar-refractivity contribution is -0.144. The second-order valence-corrected chi connectivity index (χ2v) is 5.09. The molecule has 3 unspecified atom stereocenters. The van der Waals surface area contributed by atoms with Crippen LogP contribution in [0, 0.1) is 22.2 Å². The van der Waals surface area contributed by atoms with E-state index in [1.54, 1.807) is 0 Å². The molecule has 4 heteroatoms. The molecule has 0 amide bonds. The van der Waals surface area contributed by atoms with E-state index in [4.69, 9.17) is 5.11 Å². The number of nitrogens with zero attached hydrogens (tertiary/aromatic N) is 1. The average Bonchev–Trinajstić information content (AvgIpc) is 2.55. The number of hydrogen-bond acceptors (Lipinski definition) is 3. The molecule has 4 nitrogen and oxygen atoms in total. The maximum Gasteiger partial charge on any atom is 0.304 e. The van der Waals surface area contributed by atoms with E-state index in [9.17, 15) is 9.70 Å². The number of carbonyl (C=O) groups is 1. The Labute approximate surface area is 94.7 Å². The van der Waals surface area contributed by atoms with Gasteiger partial charge in [-0.25, -0.2) is 0 Å². The van der Waals surface area contributed by atoms with Gasteiger partial charge < -0.3 is 5.11 Å². The summed E-state index contributed by atoms with van der Waals surface area (Å²) in [4.78, 5) is 21.3. The number of nitroso groups, excluding NO2 is 1. The Morgan fingerprint density at radius 3 is 3.00 bits per heavy atom. The van der Waals surface area contributed by atoms with Crippen LogP contribution in [0.5, 0.6) is 0 Å². The van der Waals surface area contributed by atoms with Crippen molar-refractivity contribution in [3.05, 3.63) is 16.6 Å². The Morgan fingerprint density at radius 1 is 1.69 bits per heavy atom. The van der Waals surface area contributed by atoms with Gasteiger partial charge in [-0.2, -0.15) is 4.91 Å². The molecule has 1 fully saturated rings. The predicted molar refractivity (Wildman–Crippen MR) is 59.9 cm³/mol. The van der Waals surface area contributed by atoms with Crippen LogP contribution in [0.1, 0.15) is 32.6 Å². The van der Waals surface area contributed by atoms with Gasteiger partial charge in [0, 0.05) is 5.41 Å². The third-order valence-electron chi connectivity index (χ3n) is 4.16. The summed E-state index contributed by atoms with van der Waals surface area (Å²) in [6, 6.07) is 0. The van der Waals surface area contributed by atoms with Gasteiger partial charge in [0.15, 0.2) is 0 Å². The van der Waals surface area contributed by atoms with E-state index in [-0.39, 0.29) is 24.3 Å². The van der Waals surface area contributed by atoms with Crippen LogP contribution in [0.4, 0.5) is 0 Å². The summed E-state index contributed by atoms with van der Waals surface area (Å²) >= 11 is 0. The monoisotopic (exact) mass is 223 g/mol. The molecule has 0 radical (unpaired) electrons. The number of carboxylic acids is 1. The minimum atomic E-state index is -0.819. The number of aliphatic carboxylic acids is 1. The summed E-state index contributed by atoms with van der Waals surface area (Å²) in [7, 11) is 0. The highest BCUT2D eigenvalue weighted by molar-refractivity contribution is 5.68. The number of rotatable bonds is 5. The molecule has 0 aliphatic heterocycles. The summed E-state index contributed by atoms with van der Waals surface area (Å²) in [6.45, 7) is 2.27. The summed E-state index contributed by atoms with van der Waals surface area (Å²) < 4.78 is 0. The van der Waals surface area contributed by atoms with Crippen molar-refractivity contribution < 1.29 is 9.90 Å². The van der Waals surface area contributed by atoms with Gasteiger partial charge in [-0.15, -0.1) is 0 Å². The summed E-state index contributed by atoms with van der Waals surface area (Å²) in [5.41, 5.74) is 1.03. The molecule has 0 saturated heterocycles. The lowest BCUT2D eigenvalue weighted by atomic mass is 9.53. The lowest BCUT2D eigenvalue weighted by Crippen LogP contribution is -2.48. The van der Waals surface area contributed by atoms with Crippen LogP contribution in [-0.2, 0) is 4.79 Å². The molecule has 2 aliphatic carbocycles. The molecular weight excluding hydrogens is 206 g/mol. The molecule has 88 valence electrons. The van der Waals surface area contributed by atoms with E-state index in [0.717, 1.165) is 19.3 Å². The molecular formula is C12H17NO3. The quantitative estimate of drug-likeness (QED) is 0.575. The second-order valence-electron chi connectivity index (χ2n) is 5.09. The topological polar surface area (TPSA) is 66.7 Å². The SMILES string of the molecule is CCC1=CC2C(C1)CC2(CN=O)CC(=O)O. The van der Waals surface area contributed by atoms with Gasteiger partial charge in [0.25, 0.3) is 0 Å². The summed E-state index contributed by atoms with van der Waals surface area (Å²) in [6.07, 6.45) is 5.23. The largest absolute Gasteiger partial charge is 0.481 e. The lowest BCUT2D eigenvalue weighted by Gasteiger charge is -2.50. The minimum absolute atomic E-state index is 0.0768. The van der Waals surface area contributed by atoms with Gasteiger partial charge in [-0.3, -0.25) is 4.79 Å². The molecule has 0 aromatic rings. The maximum atomic E-state index is 10.9. The fourth-order valence-electron chi connectivity index (χ4n) is 3.40. The smallest absolute Gasteiger partial charge is 0.304 e. The first-order valence-electron chi connectivity index (χ1n) is 5.82. The summed E-state index contributed by atoms with van der Waals surface area (Å²) in [5, 5.41) is 11.9. The average molecular weight is 223 g/mol. The van der Waals surface area contributed by atoms with Crippen LogP contribution in [0.3, 0.4) is 0 Å². The van der Waals surface area contributed by atoms with Crippen LogP contribution in [0.15, 0.2) is 16.8 Å². The van der Waals surface area contributed by atoms with Crippen molar-refractivity contribution >= 4 is 5.97 Å². The zero-order valence-corrected chi connectivity index (χ0v) is 9.48. The molecule has 2 rings (SSSR count). The van der Waals surface area contributed by atoms with Gasteiger partial charge in [0.05, 0.1) is 13.0 Å². The van der Waals surface area contributed by atoms with Crippen molar-refractivity contribution in [2.24, 2.45) is 22.4 Å². The second kappa shape index (κ2) is 4.00. The third-order valence-corrected chi connectivity index (χ3v) is 4.16. The molecule has 0 aromatic carbocycles. The van der Waals surface area contributed by atoms with E-state index in [0.29, 0.717) is 5.92 Å². The van der Waals surface area contributed by atoms with Gasteiger partial charge in [-0.1, -0.05) is 23.7 Å². The zero-order chi connectivity index (χ0) is 11.8. The Kier molecular flexibility index (Phi) is 2.82. The highest BCUT2D eigenvalue weighted by Gasteiger charge is 2.55. The van der Waals surface area contributed by atoms with Gasteiger partial charge in [-0.05, 0) is 31.1 Å². The first-order chi connectivity index (χ1) is 7.61. The minimum Gasteiger partial charge on any atom is -0.481 e. The van der Waals surface area contributed by atoms with Crippen molar-refractivity contribution in [3.63, 3.8) is 0 Å². The molecule has 0 spiro atoms. The fraction of sp³-hybridized carbons (Fsp3) is 0.750. The summed E-state index contributed by atoms with van der Waals surface area (Å²) in [5.74, 6) is 0.0211. The van der Waals surface area contributed by atoms with Crippen molar-refractivity contribution in [2.45, 2.75) is 32.6 Å². The first kappa shape index (κ1) is 11.3. The van der Waals surface area contributed by atoms with E-state index in [1.807, 2.05) is 0 Å². The first-order valence-corrected chi connectivity index (χ1v) is 5.82. The van der Waals surface area contributed by atoms with Crippen LogP contribution in [-0.4, -0.2) is 17.6 Å². The maximum absolute atomic E-state index is 10.9. The predicted octanol–water partition coefficient (Wildman–Crippen LogP) is 2.59. The number of fused-ring (bicyclic) bond motifs is 1. The number of carboxylic acid groups (broad SMARTS) is 1. The van der Waals surface area contributed by atoms with E-state index in [1.165, 1.54) is 5.57 Å². The van der Waals surface area contributed by atoms with Crippen LogP contribution < -0.4 is 0 Å². The molecule has 0 heterocycles. The van der Waals surface area contributed by atoms with E-state index in [2.05, 4.69) is 18.2 Å². The van der Waals surface area contributed by atoms with Crippen LogP contribution in [0.2, 0.25) is 0 Å². The Bertz CT molecular complexity index is 350. The standard InChI is InChI=1S/C12H17NO3/c1-2-8-3-9-5-12(7-13-16,6-11(14)15)10(9)4-8/h4,9-10H,2-3,5-7H2,1H3,(H,14,15). The normalized spacial score (nSPS) is 36.2. The van der Waals surface area contributed by atoms with Crippen molar-refractivity contribution in [3.8, 4) is 0 Å². The molecule has 16 heavy (non-hydrogen) atoms. The Hall–Kier alpha value is -1.19. The van der Waals surface area contributed by atoms with Crippen molar-refractivity contribution in [2.75, 3.05) is 6.54 Å². The fourth-order valence-corrected chi connectivity index (χ4v) is 3.40. The third kappa shape index (κ3) is 1.66. The highest BCUT2D eigenvalue weighted by atomic mass is 16.4. The van der Waals surface area contributed by atoms with Gasteiger partial charge in [0.1, 0.15) is 0 Å². The van der Waals surface area contributed by atoms with E-state index < -0.39 is 5.97 Å². The molecule has 0 aromatic heterocycles. The molecule has 2 aliphatic rings. The van der Waals surface area contributed by atoms with Crippen LogP contribution in [0.25, 0.3) is 0 Å². The zero-order valence-electron chi connectivity index (χ0n) is 9.48. The van der Waals surface area contributed by atoms with E-state index >= 15 is 0 Å². The Balaban J connectivity index is 2.14. The van der Waals surface area contributed by atoms with Crippen molar-refractivity contribution in [1.82, 2.24) is 0 Å². The molecule has 1 saturated carbocycles. The molecule has 3 atom stereocenters. The number of allylic oxidation sites excluding steroid dienone is 2. The number of hydrogen-bond donors (Lipinski definition) is 1. The molecule has 1 N–H and O–H groups in total. The van der Waals surface area contributed by atoms with Crippen LogP contribution >= 0.6 is 0 Å². The van der Waals surface area contributed by atoms with Crippen molar-refractivity contribution in [1.29, 1.82) is 0 Å². The van der Waals surface area contributed by atoms with Gasteiger partial charge >= 0.3 is 5.97 Å². The van der Waals surface area contributed by atoms with Gasteiger partial charge in [0.2, 0.25) is 0 Å².